The average Bonchev–Trinajstić information content (AvgIpc) is 3.20. The van der Waals surface area contributed by atoms with E-state index in [0.717, 1.165) is 11.1 Å². The van der Waals surface area contributed by atoms with E-state index in [1.807, 2.05) is 0 Å². The van der Waals surface area contributed by atoms with E-state index in [1.54, 1.807) is 0 Å². The van der Waals surface area contributed by atoms with Crippen molar-refractivity contribution in [2.75, 3.05) is 0 Å². The molecule has 0 heterocycles. The first kappa shape index (κ1) is 32.1. The van der Waals surface area contributed by atoms with Gasteiger partial charge in [-0.3, -0.25) is 0 Å². The van der Waals surface area contributed by atoms with Crippen LogP contribution in [0, 0.1) is 0 Å². The first-order valence-corrected chi connectivity index (χ1v) is 17.1. The van der Waals surface area contributed by atoms with Crippen LogP contribution in [0.1, 0.15) is 55.6 Å². The highest BCUT2D eigenvalue weighted by Gasteiger charge is 2.08. The van der Waals surface area contributed by atoms with Gasteiger partial charge in [0, 0.05) is 0 Å². The Morgan fingerprint density at radius 1 is 0.220 bits per heavy atom. The van der Waals surface area contributed by atoms with Gasteiger partial charge in [-0.25, -0.2) is 0 Å². The summed E-state index contributed by atoms with van der Waals surface area (Å²) >= 11 is 0. The molecule has 0 nitrogen and oxygen atoms in total. The van der Waals surface area contributed by atoms with Gasteiger partial charge in [-0.1, -0.05) is 218 Å². The van der Waals surface area contributed by atoms with Crippen molar-refractivity contribution in [1.29, 1.82) is 0 Å². The Morgan fingerprint density at radius 3 is 0.680 bits per heavy atom. The van der Waals surface area contributed by atoms with Gasteiger partial charge in [0.2, 0.25) is 0 Å². The standard InChI is InChI=1S/C50H38/c1-5-23-43(24-6-1)49(44-25-7-2-8-26-44)37-47-31-17-15-21-41(47)35-33-39-19-13-14-20-40(39)34-36-42-22-16-18-32-48(42)38-50(45-27-9-3-10-28-45)46-29-11-4-12-30-46/h1-38H/b35-33+,36-34+. The lowest BCUT2D eigenvalue weighted by Crippen LogP contribution is -1.89. The number of rotatable bonds is 10. The fourth-order valence-electron chi connectivity index (χ4n) is 6.21. The molecule has 0 heteroatoms. The molecule has 7 aromatic rings. The first-order chi connectivity index (χ1) is 24.8. The lowest BCUT2D eigenvalue weighted by molar-refractivity contribution is 1.54. The molecule has 7 aromatic carbocycles. The van der Waals surface area contributed by atoms with Crippen LogP contribution in [0.15, 0.2) is 194 Å². The van der Waals surface area contributed by atoms with Crippen LogP contribution in [0.5, 0.6) is 0 Å². The van der Waals surface area contributed by atoms with Crippen molar-refractivity contribution in [2.45, 2.75) is 0 Å². The molecule has 0 radical (unpaired) electrons. The average molecular weight is 639 g/mol. The van der Waals surface area contributed by atoms with E-state index >= 15 is 0 Å². The zero-order valence-electron chi connectivity index (χ0n) is 27.9. The predicted octanol–water partition coefficient (Wildman–Crippen LogP) is 13.2. The Hall–Kier alpha value is -6.50. The van der Waals surface area contributed by atoms with Gasteiger partial charge in [-0.05, 0) is 78.9 Å². The zero-order chi connectivity index (χ0) is 33.8. The Labute approximate surface area is 296 Å². The van der Waals surface area contributed by atoms with Crippen LogP contribution >= 0.6 is 0 Å². The molecule has 0 N–H and O–H groups in total. The third-order valence-electron chi connectivity index (χ3n) is 8.81. The zero-order valence-corrected chi connectivity index (χ0v) is 27.9. The predicted molar refractivity (Wildman–Crippen MR) is 217 cm³/mol. The minimum atomic E-state index is 1.16. The fraction of sp³-hybridized carbons (Fsp3) is 0. The maximum atomic E-state index is 2.31. The number of benzene rings is 7. The lowest BCUT2D eigenvalue weighted by atomic mass is 9.94. The Balaban J connectivity index is 1.21. The summed E-state index contributed by atoms with van der Waals surface area (Å²) in [5.41, 5.74) is 14.2. The molecule has 0 saturated carbocycles. The van der Waals surface area contributed by atoms with Crippen molar-refractivity contribution in [3.05, 3.63) is 250 Å². The third kappa shape index (κ3) is 7.96. The van der Waals surface area contributed by atoms with Gasteiger partial charge in [0.1, 0.15) is 0 Å². The van der Waals surface area contributed by atoms with Crippen LogP contribution in [0.3, 0.4) is 0 Å². The smallest absolute Gasteiger partial charge is 0.0105 e. The van der Waals surface area contributed by atoms with Crippen LogP contribution < -0.4 is 0 Å². The van der Waals surface area contributed by atoms with Crippen LogP contribution in [-0.4, -0.2) is 0 Å². The molecule has 0 spiro atoms. The van der Waals surface area contributed by atoms with Gasteiger partial charge in [0.25, 0.3) is 0 Å². The maximum absolute atomic E-state index is 2.31. The quantitative estimate of drug-likeness (QED) is 0.131. The molecule has 50 heavy (non-hydrogen) atoms. The van der Waals surface area contributed by atoms with Crippen molar-refractivity contribution in [3.63, 3.8) is 0 Å². The number of hydrogen-bond donors (Lipinski definition) is 0. The molecule has 238 valence electrons. The van der Waals surface area contributed by atoms with Gasteiger partial charge in [0.15, 0.2) is 0 Å². The molecule has 0 amide bonds. The van der Waals surface area contributed by atoms with E-state index in [1.165, 1.54) is 55.7 Å². The first-order valence-electron chi connectivity index (χ1n) is 17.1. The van der Waals surface area contributed by atoms with Gasteiger partial charge < -0.3 is 0 Å². The highest BCUT2D eigenvalue weighted by molar-refractivity contribution is 5.95. The monoisotopic (exact) mass is 638 g/mol. The largest absolute Gasteiger partial charge is 0.0622 e. The van der Waals surface area contributed by atoms with E-state index in [-0.39, 0.29) is 0 Å². The molecule has 7 rings (SSSR count). The van der Waals surface area contributed by atoms with Gasteiger partial charge >= 0.3 is 0 Å². The molecular weight excluding hydrogens is 601 g/mol. The van der Waals surface area contributed by atoms with Crippen molar-refractivity contribution in [1.82, 2.24) is 0 Å². The van der Waals surface area contributed by atoms with Crippen molar-refractivity contribution in [2.24, 2.45) is 0 Å². The maximum Gasteiger partial charge on any atom is -0.0105 e. The summed E-state index contributed by atoms with van der Waals surface area (Å²) in [5.74, 6) is 0. The van der Waals surface area contributed by atoms with Crippen LogP contribution in [-0.2, 0) is 0 Å². The summed E-state index contributed by atoms with van der Waals surface area (Å²) in [6.45, 7) is 0. The highest BCUT2D eigenvalue weighted by Crippen LogP contribution is 2.30. The van der Waals surface area contributed by atoms with E-state index in [4.69, 9.17) is 0 Å². The summed E-state index contributed by atoms with van der Waals surface area (Å²) in [4.78, 5) is 0. The summed E-state index contributed by atoms with van der Waals surface area (Å²) in [6.07, 6.45) is 13.5. The Morgan fingerprint density at radius 2 is 0.420 bits per heavy atom. The Kier molecular flexibility index (Phi) is 10.3. The normalized spacial score (nSPS) is 11.0. The Bertz CT molecular complexity index is 2020. The minimum absolute atomic E-state index is 1.16. The molecule has 0 unspecified atom stereocenters. The highest BCUT2D eigenvalue weighted by atomic mass is 14.1. The van der Waals surface area contributed by atoms with Crippen LogP contribution in [0.4, 0.5) is 0 Å². The van der Waals surface area contributed by atoms with E-state index in [9.17, 15) is 0 Å². The van der Waals surface area contributed by atoms with Gasteiger partial charge in [-0.2, -0.15) is 0 Å². The summed E-state index contributed by atoms with van der Waals surface area (Å²) in [5, 5.41) is 0. The minimum Gasteiger partial charge on any atom is -0.0622 e. The molecule has 0 atom stereocenters. The van der Waals surface area contributed by atoms with E-state index in [0.29, 0.717) is 0 Å². The third-order valence-corrected chi connectivity index (χ3v) is 8.81. The molecule has 0 aliphatic rings. The molecule has 0 aromatic heterocycles. The second-order valence-electron chi connectivity index (χ2n) is 12.1. The fourth-order valence-corrected chi connectivity index (χ4v) is 6.21. The topological polar surface area (TPSA) is 0 Å². The molecule has 0 saturated heterocycles. The van der Waals surface area contributed by atoms with Crippen molar-refractivity contribution in [3.8, 4) is 0 Å². The molecule has 0 bridgehead atoms. The molecular formula is C50H38. The SMILES string of the molecule is C(=C(c1ccccc1)c1ccccc1)c1ccccc1/C=C/c1ccccc1/C=C/c1ccccc1C=C(c1ccccc1)c1ccccc1. The van der Waals surface area contributed by atoms with Crippen molar-refractivity contribution < 1.29 is 0 Å². The second-order valence-corrected chi connectivity index (χ2v) is 12.1. The van der Waals surface area contributed by atoms with Crippen LogP contribution in [0.2, 0.25) is 0 Å². The summed E-state index contributed by atoms with van der Waals surface area (Å²) in [7, 11) is 0. The van der Waals surface area contributed by atoms with Gasteiger partial charge in [0.05, 0.1) is 0 Å². The summed E-state index contributed by atoms with van der Waals surface area (Å²) < 4.78 is 0. The molecule has 0 aliphatic heterocycles. The van der Waals surface area contributed by atoms with Crippen molar-refractivity contribution >= 4 is 47.6 Å². The van der Waals surface area contributed by atoms with Crippen LogP contribution in [0.25, 0.3) is 47.6 Å². The lowest BCUT2D eigenvalue weighted by Gasteiger charge is -2.11. The van der Waals surface area contributed by atoms with E-state index in [2.05, 4.69) is 231 Å². The van der Waals surface area contributed by atoms with Gasteiger partial charge in [-0.15, -0.1) is 0 Å². The number of hydrogen-bond acceptors (Lipinski definition) is 0. The second kappa shape index (κ2) is 16.1. The van der Waals surface area contributed by atoms with E-state index < -0.39 is 0 Å². The summed E-state index contributed by atoms with van der Waals surface area (Å²) in [6, 6.07) is 68.3. The molecule has 0 aliphatic carbocycles. The molecule has 0 fully saturated rings.